The predicted octanol–water partition coefficient (Wildman–Crippen LogP) is 0.229. The smallest absolute Gasteiger partial charge is 0.166 e. The Kier molecular flexibility index (Phi) is 5.26. The van der Waals surface area contributed by atoms with Gasteiger partial charge in [0.1, 0.15) is 35.6 Å². The van der Waals surface area contributed by atoms with Crippen molar-refractivity contribution in [1.82, 2.24) is 29.4 Å². The van der Waals surface area contributed by atoms with E-state index in [1.54, 1.807) is 6.20 Å². The standard InChI is InChI=1S/C20H24FN7O3/c1-26-4-6-27(7-5-26)14-3-2-12(8-22-14)16-17-19(24-10-23-16)28(11-25-17)20-18(30)15(21)13(9-29)31-20/h2-3,8,10-11,13,15,18,20,29-30H,4-7,9H2,1H3/t13-,15?,18+,20-/m1/s1. The molecule has 0 aromatic carbocycles. The zero-order valence-corrected chi connectivity index (χ0v) is 17.0. The number of nitrogens with zero attached hydrogens (tertiary/aromatic N) is 7. The lowest BCUT2D eigenvalue weighted by Gasteiger charge is -2.33. The Morgan fingerprint density at radius 2 is 1.94 bits per heavy atom. The molecule has 2 aliphatic heterocycles. The topological polar surface area (TPSA) is 113 Å². The van der Waals surface area contributed by atoms with Crippen molar-refractivity contribution < 1.29 is 19.3 Å². The van der Waals surface area contributed by atoms with Gasteiger partial charge in [-0.3, -0.25) is 4.57 Å². The van der Waals surface area contributed by atoms with E-state index in [9.17, 15) is 14.6 Å². The fourth-order valence-electron chi connectivity index (χ4n) is 4.08. The molecule has 0 spiro atoms. The molecule has 0 saturated carbocycles. The Balaban J connectivity index is 1.44. The van der Waals surface area contributed by atoms with E-state index in [0.29, 0.717) is 16.9 Å². The molecule has 2 fully saturated rings. The van der Waals surface area contributed by atoms with Crippen LogP contribution in [0, 0.1) is 0 Å². The number of fused-ring (bicyclic) bond motifs is 1. The lowest BCUT2D eigenvalue weighted by Crippen LogP contribution is -2.44. The van der Waals surface area contributed by atoms with Crippen molar-refractivity contribution in [1.29, 1.82) is 0 Å². The SMILES string of the molecule is CN1CCN(c2ccc(-c3ncnc4c3ncn4[C@@H]3O[C@H](CO)C(F)[C@@H]3O)cn2)CC1. The summed E-state index contributed by atoms with van der Waals surface area (Å²) in [6, 6.07) is 3.91. The number of hydrogen-bond acceptors (Lipinski definition) is 9. The van der Waals surface area contributed by atoms with Gasteiger partial charge in [0.2, 0.25) is 0 Å². The molecule has 0 amide bonds. The van der Waals surface area contributed by atoms with Crippen molar-refractivity contribution >= 4 is 17.0 Å². The Hall–Kier alpha value is -2.73. The molecule has 4 atom stereocenters. The molecule has 5 heterocycles. The van der Waals surface area contributed by atoms with Crippen molar-refractivity contribution in [3.8, 4) is 11.3 Å². The highest BCUT2D eigenvalue weighted by molar-refractivity contribution is 5.87. The second-order valence-electron chi connectivity index (χ2n) is 7.92. The number of aliphatic hydroxyl groups is 2. The van der Waals surface area contributed by atoms with Crippen LogP contribution in [0.2, 0.25) is 0 Å². The Morgan fingerprint density at radius 1 is 1.13 bits per heavy atom. The van der Waals surface area contributed by atoms with Gasteiger partial charge in [-0.05, 0) is 19.2 Å². The highest BCUT2D eigenvalue weighted by atomic mass is 19.1. The molecule has 5 rings (SSSR count). The van der Waals surface area contributed by atoms with E-state index in [-0.39, 0.29) is 0 Å². The third-order valence-corrected chi connectivity index (χ3v) is 5.95. The van der Waals surface area contributed by atoms with Crippen LogP contribution in [-0.4, -0.2) is 97.8 Å². The fourth-order valence-corrected chi connectivity index (χ4v) is 4.08. The minimum absolute atomic E-state index is 0.406. The first-order valence-electron chi connectivity index (χ1n) is 10.2. The highest BCUT2D eigenvalue weighted by Crippen LogP contribution is 2.34. The van der Waals surface area contributed by atoms with Gasteiger partial charge in [-0.1, -0.05) is 0 Å². The fraction of sp³-hybridized carbons (Fsp3) is 0.500. The van der Waals surface area contributed by atoms with E-state index in [2.05, 4.69) is 36.8 Å². The number of rotatable bonds is 4. The molecule has 3 aromatic heterocycles. The number of halogens is 1. The maximum Gasteiger partial charge on any atom is 0.166 e. The van der Waals surface area contributed by atoms with Crippen molar-refractivity contribution in [2.24, 2.45) is 0 Å². The average Bonchev–Trinajstić information content (AvgIpc) is 3.35. The number of alkyl halides is 1. The maximum atomic E-state index is 14.2. The van der Waals surface area contributed by atoms with Crippen LogP contribution in [0.4, 0.5) is 10.2 Å². The van der Waals surface area contributed by atoms with E-state index in [1.165, 1.54) is 17.2 Å². The number of imidazole rings is 1. The van der Waals surface area contributed by atoms with Gasteiger partial charge in [0.05, 0.1) is 12.9 Å². The summed E-state index contributed by atoms with van der Waals surface area (Å²) in [5.41, 5.74) is 2.27. The number of aromatic nitrogens is 5. The van der Waals surface area contributed by atoms with Crippen LogP contribution < -0.4 is 4.90 Å². The van der Waals surface area contributed by atoms with E-state index in [0.717, 1.165) is 37.6 Å². The highest BCUT2D eigenvalue weighted by Gasteiger charge is 2.45. The first-order valence-corrected chi connectivity index (χ1v) is 10.2. The lowest BCUT2D eigenvalue weighted by molar-refractivity contribution is -0.0495. The number of hydrogen-bond donors (Lipinski definition) is 2. The number of ether oxygens (including phenoxy) is 1. The van der Waals surface area contributed by atoms with Gasteiger partial charge in [-0.25, -0.2) is 24.3 Å². The normalized spacial score (nSPS) is 27.3. The molecule has 2 aliphatic rings. The number of pyridine rings is 1. The van der Waals surface area contributed by atoms with Gasteiger partial charge in [-0.15, -0.1) is 0 Å². The van der Waals surface area contributed by atoms with Crippen molar-refractivity contribution in [2.45, 2.75) is 24.6 Å². The largest absolute Gasteiger partial charge is 0.394 e. The average molecular weight is 429 g/mol. The van der Waals surface area contributed by atoms with E-state index in [4.69, 9.17) is 4.74 Å². The first kappa shape index (κ1) is 20.2. The van der Waals surface area contributed by atoms with E-state index >= 15 is 0 Å². The van der Waals surface area contributed by atoms with Gasteiger partial charge in [0, 0.05) is 37.9 Å². The number of piperazine rings is 1. The number of anilines is 1. The minimum Gasteiger partial charge on any atom is -0.394 e. The molecule has 0 bridgehead atoms. The third kappa shape index (κ3) is 3.53. The van der Waals surface area contributed by atoms with Crippen molar-refractivity contribution in [3.05, 3.63) is 31.0 Å². The molecule has 31 heavy (non-hydrogen) atoms. The molecule has 0 radical (unpaired) electrons. The molecule has 11 heteroatoms. The molecule has 2 saturated heterocycles. The van der Waals surface area contributed by atoms with Crippen molar-refractivity contribution in [3.63, 3.8) is 0 Å². The second kappa shape index (κ2) is 8.08. The van der Waals surface area contributed by atoms with Gasteiger partial charge in [-0.2, -0.15) is 0 Å². The molecule has 1 unspecified atom stereocenters. The summed E-state index contributed by atoms with van der Waals surface area (Å²) >= 11 is 0. The minimum atomic E-state index is -1.69. The van der Waals surface area contributed by atoms with Crippen LogP contribution in [0.3, 0.4) is 0 Å². The van der Waals surface area contributed by atoms with Crippen LogP contribution in [0.5, 0.6) is 0 Å². The monoisotopic (exact) mass is 429 g/mol. The summed E-state index contributed by atoms with van der Waals surface area (Å²) in [4.78, 5) is 22.2. The van der Waals surface area contributed by atoms with E-state index < -0.39 is 31.2 Å². The van der Waals surface area contributed by atoms with Gasteiger partial charge >= 0.3 is 0 Å². The van der Waals surface area contributed by atoms with Crippen LogP contribution in [0.25, 0.3) is 22.4 Å². The molecule has 3 aromatic rings. The zero-order chi connectivity index (χ0) is 21.5. The number of aliphatic hydroxyl groups excluding tert-OH is 2. The molecule has 10 nitrogen and oxygen atoms in total. The van der Waals surface area contributed by atoms with Crippen LogP contribution in [-0.2, 0) is 4.74 Å². The summed E-state index contributed by atoms with van der Waals surface area (Å²) in [6.45, 7) is 3.34. The summed E-state index contributed by atoms with van der Waals surface area (Å²) < 4.78 is 21.1. The van der Waals surface area contributed by atoms with Gasteiger partial charge in [0.15, 0.2) is 18.0 Å². The second-order valence-corrected chi connectivity index (χ2v) is 7.92. The first-order chi connectivity index (χ1) is 15.1. The molecular formula is C20H24FN7O3. The van der Waals surface area contributed by atoms with Crippen molar-refractivity contribution in [2.75, 3.05) is 44.7 Å². The third-order valence-electron chi connectivity index (χ3n) is 5.95. The Morgan fingerprint density at radius 3 is 2.61 bits per heavy atom. The molecule has 164 valence electrons. The summed E-state index contributed by atoms with van der Waals surface area (Å²) in [5.74, 6) is 0.916. The summed E-state index contributed by atoms with van der Waals surface area (Å²) in [5, 5.41) is 19.5. The van der Waals surface area contributed by atoms with Crippen LogP contribution in [0.15, 0.2) is 31.0 Å². The summed E-state index contributed by atoms with van der Waals surface area (Å²) in [7, 11) is 2.11. The molecular weight excluding hydrogens is 405 g/mol. The van der Waals surface area contributed by atoms with Crippen LogP contribution in [0.1, 0.15) is 6.23 Å². The quantitative estimate of drug-likeness (QED) is 0.602. The Labute approximate surface area is 177 Å². The maximum absolute atomic E-state index is 14.2. The van der Waals surface area contributed by atoms with Gasteiger partial charge < -0.3 is 24.7 Å². The summed E-state index contributed by atoms with van der Waals surface area (Å²) in [6.07, 6.45) is -0.660. The lowest BCUT2D eigenvalue weighted by atomic mass is 10.1. The predicted molar refractivity (Wildman–Crippen MR) is 110 cm³/mol. The number of likely N-dealkylation sites (N-methyl/N-ethyl adjacent to an activating group) is 1. The van der Waals surface area contributed by atoms with Gasteiger partial charge in [0.25, 0.3) is 0 Å². The molecule has 0 aliphatic carbocycles. The van der Waals surface area contributed by atoms with Crippen LogP contribution >= 0.6 is 0 Å². The Bertz CT molecular complexity index is 1050. The zero-order valence-electron chi connectivity index (χ0n) is 17.0. The molecule has 2 N–H and O–H groups in total. The van der Waals surface area contributed by atoms with E-state index in [1.807, 2.05) is 12.1 Å².